The number of aromatic nitrogens is 3. The zero-order chi connectivity index (χ0) is 15.4. The van der Waals surface area contributed by atoms with Crippen molar-refractivity contribution < 1.29 is 0 Å². The van der Waals surface area contributed by atoms with Crippen LogP contribution < -0.4 is 5.32 Å². The minimum atomic E-state index is 0.179. The Morgan fingerprint density at radius 1 is 1.33 bits per heavy atom. The summed E-state index contributed by atoms with van der Waals surface area (Å²) in [4.78, 5) is 4.41. The monoisotopic (exact) mass is 306 g/mol. The molecule has 0 saturated heterocycles. The summed E-state index contributed by atoms with van der Waals surface area (Å²) < 4.78 is 1.99. The van der Waals surface area contributed by atoms with Gasteiger partial charge in [0.1, 0.15) is 12.2 Å². The maximum atomic E-state index is 6.24. The summed E-state index contributed by atoms with van der Waals surface area (Å²) in [5.74, 6) is 1.55. The van der Waals surface area contributed by atoms with Gasteiger partial charge in [0.05, 0.1) is 0 Å². The van der Waals surface area contributed by atoms with Gasteiger partial charge in [-0.15, -0.1) is 0 Å². The summed E-state index contributed by atoms with van der Waals surface area (Å²) in [7, 11) is 1.97. The topological polar surface area (TPSA) is 42.7 Å². The van der Waals surface area contributed by atoms with Crippen LogP contribution in [0, 0.1) is 12.8 Å². The molecule has 0 aliphatic heterocycles. The highest BCUT2D eigenvalue weighted by atomic mass is 35.5. The maximum Gasteiger partial charge on any atom is 0.138 e. The summed E-state index contributed by atoms with van der Waals surface area (Å²) in [5, 5.41) is 8.50. The van der Waals surface area contributed by atoms with Crippen LogP contribution in [-0.2, 0) is 13.0 Å². The molecule has 4 nitrogen and oxygen atoms in total. The van der Waals surface area contributed by atoms with Gasteiger partial charge >= 0.3 is 0 Å². The van der Waals surface area contributed by atoms with Gasteiger partial charge in [-0.05, 0) is 37.1 Å². The van der Waals surface area contributed by atoms with Crippen LogP contribution in [0.15, 0.2) is 24.5 Å². The van der Waals surface area contributed by atoms with E-state index < -0.39 is 0 Å². The molecule has 21 heavy (non-hydrogen) atoms. The van der Waals surface area contributed by atoms with Crippen molar-refractivity contribution in [3.8, 4) is 0 Å². The van der Waals surface area contributed by atoms with Gasteiger partial charge in [-0.1, -0.05) is 37.6 Å². The fraction of sp³-hybridized carbons (Fsp3) is 0.500. The van der Waals surface area contributed by atoms with Gasteiger partial charge in [0.2, 0.25) is 0 Å². The minimum Gasteiger partial charge on any atom is -0.313 e. The lowest BCUT2D eigenvalue weighted by molar-refractivity contribution is 0.451. The van der Waals surface area contributed by atoms with Crippen LogP contribution in [-0.4, -0.2) is 21.8 Å². The van der Waals surface area contributed by atoms with E-state index in [4.69, 9.17) is 11.6 Å². The molecule has 0 radical (unpaired) electrons. The zero-order valence-corrected chi connectivity index (χ0v) is 13.9. The Morgan fingerprint density at radius 3 is 2.76 bits per heavy atom. The summed E-state index contributed by atoms with van der Waals surface area (Å²) in [6, 6.07) is 6.21. The van der Waals surface area contributed by atoms with Crippen LogP contribution in [0.25, 0.3) is 0 Å². The number of rotatable bonds is 6. The minimum absolute atomic E-state index is 0.179. The second kappa shape index (κ2) is 7.05. The molecule has 0 spiro atoms. The first-order valence-corrected chi connectivity index (χ1v) is 7.69. The lowest BCUT2D eigenvalue weighted by Gasteiger charge is -2.20. The lowest BCUT2D eigenvalue weighted by Crippen LogP contribution is -2.22. The van der Waals surface area contributed by atoms with E-state index in [1.807, 2.05) is 23.9 Å². The van der Waals surface area contributed by atoms with Gasteiger partial charge < -0.3 is 5.32 Å². The van der Waals surface area contributed by atoms with Crippen LogP contribution in [0.2, 0.25) is 5.02 Å². The van der Waals surface area contributed by atoms with Gasteiger partial charge in [-0.3, -0.25) is 0 Å². The van der Waals surface area contributed by atoms with Gasteiger partial charge in [-0.25, -0.2) is 9.67 Å². The molecule has 0 aliphatic carbocycles. The molecule has 0 saturated carbocycles. The molecule has 1 aromatic carbocycles. The van der Waals surface area contributed by atoms with E-state index in [0.29, 0.717) is 5.92 Å². The largest absolute Gasteiger partial charge is 0.313 e. The van der Waals surface area contributed by atoms with E-state index in [9.17, 15) is 0 Å². The molecule has 0 fully saturated rings. The van der Waals surface area contributed by atoms with E-state index >= 15 is 0 Å². The van der Waals surface area contributed by atoms with Crippen molar-refractivity contribution in [1.82, 2.24) is 20.1 Å². The molecule has 5 heteroatoms. The highest BCUT2D eigenvalue weighted by Gasteiger charge is 2.17. The third kappa shape index (κ3) is 3.83. The second-order valence-electron chi connectivity index (χ2n) is 5.75. The molecular formula is C16H23ClN4. The van der Waals surface area contributed by atoms with E-state index in [1.165, 1.54) is 5.56 Å². The smallest absolute Gasteiger partial charge is 0.138 e. The molecular weight excluding hydrogens is 284 g/mol. The van der Waals surface area contributed by atoms with E-state index in [0.717, 1.165) is 29.4 Å². The third-order valence-corrected chi connectivity index (χ3v) is 4.06. The third-order valence-electron chi connectivity index (χ3n) is 3.65. The Kier molecular flexibility index (Phi) is 5.37. The molecule has 2 aromatic rings. The molecule has 0 bridgehead atoms. The van der Waals surface area contributed by atoms with Gasteiger partial charge in [0.15, 0.2) is 0 Å². The Hall–Kier alpha value is -1.39. The summed E-state index contributed by atoms with van der Waals surface area (Å²) in [6.07, 6.45) is 2.43. The standard InChI is InChI=1S/C16H23ClN4/c1-11(2)9-21-16(19-10-20-21)8-15(18-4)13-6-5-7-14(17)12(13)3/h5-7,10-11,15,18H,8-9H2,1-4H3. The second-order valence-corrected chi connectivity index (χ2v) is 6.16. The number of hydrogen-bond acceptors (Lipinski definition) is 3. The van der Waals surface area contributed by atoms with Crippen LogP contribution in [0.5, 0.6) is 0 Å². The zero-order valence-electron chi connectivity index (χ0n) is 13.1. The molecule has 0 amide bonds. The average molecular weight is 307 g/mol. The van der Waals surface area contributed by atoms with Crippen molar-refractivity contribution in [2.75, 3.05) is 7.05 Å². The summed E-state index contributed by atoms with van der Waals surface area (Å²) in [6.45, 7) is 7.31. The molecule has 1 aromatic heterocycles. The van der Waals surface area contributed by atoms with Crippen molar-refractivity contribution in [3.05, 3.63) is 46.5 Å². The normalized spacial score (nSPS) is 12.9. The van der Waals surface area contributed by atoms with Crippen LogP contribution in [0.1, 0.15) is 36.8 Å². The number of nitrogens with zero attached hydrogens (tertiary/aromatic N) is 3. The van der Waals surface area contributed by atoms with Crippen LogP contribution >= 0.6 is 11.6 Å². The highest BCUT2D eigenvalue weighted by molar-refractivity contribution is 6.31. The lowest BCUT2D eigenvalue weighted by atomic mass is 9.98. The molecule has 1 atom stereocenters. The Balaban J connectivity index is 2.24. The van der Waals surface area contributed by atoms with E-state index in [-0.39, 0.29) is 6.04 Å². The summed E-state index contributed by atoms with van der Waals surface area (Å²) >= 11 is 6.24. The Morgan fingerprint density at radius 2 is 2.10 bits per heavy atom. The Bertz CT molecular complexity index is 592. The first kappa shape index (κ1) is 16.0. The van der Waals surface area contributed by atoms with E-state index in [1.54, 1.807) is 6.33 Å². The number of halogens is 1. The first-order valence-electron chi connectivity index (χ1n) is 7.31. The van der Waals surface area contributed by atoms with Gasteiger partial charge in [-0.2, -0.15) is 5.10 Å². The van der Waals surface area contributed by atoms with Crippen LogP contribution in [0.3, 0.4) is 0 Å². The van der Waals surface area contributed by atoms with Gasteiger partial charge in [0, 0.05) is 24.0 Å². The Labute approximate surface area is 131 Å². The van der Waals surface area contributed by atoms with Crippen molar-refractivity contribution in [1.29, 1.82) is 0 Å². The number of likely N-dealkylation sites (N-methyl/N-ethyl adjacent to an activating group) is 1. The molecule has 114 valence electrons. The quantitative estimate of drug-likeness (QED) is 0.889. The highest BCUT2D eigenvalue weighted by Crippen LogP contribution is 2.26. The van der Waals surface area contributed by atoms with Crippen molar-refractivity contribution in [2.45, 2.75) is 39.8 Å². The molecule has 0 aliphatic rings. The maximum absolute atomic E-state index is 6.24. The first-order chi connectivity index (χ1) is 10.0. The molecule has 1 heterocycles. The van der Waals surface area contributed by atoms with Crippen LogP contribution in [0.4, 0.5) is 0 Å². The van der Waals surface area contributed by atoms with E-state index in [2.05, 4.69) is 42.2 Å². The fourth-order valence-electron chi connectivity index (χ4n) is 2.50. The molecule has 1 N–H and O–H groups in total. The SMILES string of the molecule is CNC(Cc1ncnn1CC(C)C)c1cccc(Cl)c1C. The number of benzene rings is 1. The number of nitrogens with one attached hydrogen (secondary N) is 1. The molecule has 1 unspecified atom stereocenters. The fourth-order valence-corrected chi connectivity index (χ4v) is 2.68. The average Bonchev–Trinajstić information content (AvgIpc) is 2.86. The van der Waals surface area contributed by atoms with Gasteiger partial charge in [0.25, 0.3) is 0 Å². The predicted octanol–water partition coefficient (Wildman–Crippen LogP) is 3.40. The number of hydrogen-bond donors (Lipinski definition) is 1. The van der Waals surface area contributed by atoms with Crippen molar-refractivity contribution >= 4 is 11.6 Å². The van der Waals surface area contributed by atoms with Crippen molar-refractivity contribution in [3.63, 3.8) is 0 Å². The molecule has 2 rings (SSSR count). The summed E-state index contributed by atoms with van der Waals surface area (Å²) in [5.41, 5.74) is 2.33. The predicted molar refractivity (Wildman–Crippen MR) is 86.6 cm³/mol. The van der Waals surface area contributed by atoms with Crippen molar-refractivity contribution in [2.24, 2.45) is 5.92 Å².